The van der Waals surface area contributed by atoms with Gasteiger partial charge in [0.15, 0.2) is 5.78 Å². The molecule has 0 amide bonds. The standard InChI is InChI=1S/C27H23F2NO2S/c1-4-18(13-24(31)26-22(28)6-5-7-23(26)29)12-19-8-10-20(11-9-19)21-14-25(33-17(21)3)27-30-16(2)15-32-27/h1,5-11,14,16,18H,12-13,15H2,2-3H3. The Morgan fingerprint density at radius 2 is 1.94 bits per heavy atom. The van der Waals surface area contributed by atoms with E-state index in [1.54, 1.807) is 11.3 Å². The Morgan fingerprint density at radius 3 is 2.55 bits per heavy atom. The summed E-state index contributed by atoms with van der Waals surface area (Å²) in [7, 11) is 0. The molecular formula is C27H23F2NO2S. The van der Waals surface area contributed by atoms with Crippen molar-refractivity contribution in [3.05, 3.63) is 81.0 Å². The molecule has 1 aliphatic heterocycles. The summed E-state index contributed by atoms with van der Waals surface area (Å²) in [4.78, 5) is 19.2. The summed E-state index contributed by atoms with van der Waals surface area (Å²) in [6.07, 6.45) is 5.94. The van der Waals surface area contributed by atoms with Crippen molar-refractivity contribution < 1.29 is 18.3 Å². The average molecular weight is 464 g/mol. The molecular weight excluding hydrogens is 440 g/mol. The van der Waals surface area contributed by atoms with Crippen LogP contribution < -0.4 is 0 Å². The summed E-state index contributed by atoms with van der Waals surface area (Å²) >= 11 is 1.65. The SMILES string of the molecule is C#CC(CC(=O)c1c(F)cccc1F)Cc1ccc(-c2cc(C3=NC(C)CO3)sc2C)cc1. The van der Waals surface area contributed by atoms with Crippen molar-refractivity contribution >= 4 is 23.0 Å². The van der Waals surface area contributed by atoms with Crippen molar-refractivity contribution in [2.75, 3.05) is 6.61 Å². The van der Waals surface area contributed by atoms with Gasteiger partial charge in [-0.25, -0.2) is 13.8 Å². The smallest absolute Gasteiger partial charge is 0.226 e. The van der Waals surface area contributed by atoms with Gasteiger partial charge in [0.2, 0.25) is 5.90 Å². The molecule has 2 atom stereocenters. The van der Waals surface area contributed by atoms with Gasteiger partial charge in [0.1, 0.15) is 18.2 Å². The fourth-order valence-electron chi connectivity index (χ4n) is 3.87. The van der Waals surface area contributed by atoms with Gasteiger partial charge in [-0.15, -0.1) is 23.7 Å². The van der Waals surface area contributed by atoms with E-state index in [4.69, 9.17) is 11.2 Å². The van der Waals surface area contributed by atoms with E-state index in [0.717, 1.165) is 33.7 Å². The quantitative estimate of drug-likeness (QED) is 0.308. The van der Waals surface area contributed by atoms with Crippen LogP contribution in [0, 0.1) is 36.8 Å². The minimum atomic E-state index is -0.867. The molecule has 0 fully saturated rings. The van der Waals surface area contributed by atoms with E-state index >= 15 is 0 Å². The topological polar surface area (TPSA) is 38.7 Å². The maximum atomic E-state index is 13.9. The highest BCUT2D eigenvalue weighted by atomic mass is 32.1. The van der Waals surface area contributed by atoms with Gasteiger partial charge in [-0.05, 0) is 55.2 Å². The first-order chi connectivity index (χ1) is 15.9. The molecule has 4 rings (SSSR count). The summed E-state index contributed by atoms with van der Waals surface area (Å²) in [5.41, 5.74) is 2.61. The number of aryl methyl sites for hydroxylation is 1. The summed E-state index contributed by atoms with van der Waals surface area (Å²) in [6.45, 7) is 4.70. The first-order valence-electron chi connectivity index (χ1n) is 10.7. The normalized spacial score (nSPS) is 16.1. The molecule has 33 heavy (non-hydrogen) atoms. The van der Waals surface area contributed by atoms with E-state index in [2.05, 4.69) is 23.9 Å². The third kappa shape index (κ3) is 5.04. The highest BCUT2D eigenvalue weighted by Gasteiger charge is 2.22. The predicted octanol–water partition coefficient (Wildman–Crippen LogP) is 6.23. The zero-order valence-corrected chi connectivity index (χ0v) is 19.2. The van der Waals surface area contributed by atoms with Crippen LogP contribution in [0.2, 0.25) is 0 Å². The highest BCUT2D eigenvalue weighted by Crippen LogP contribution is 2.33. The highest BCUT2D eigenvalue weighted by molar-refractivity contribution is 7.14. The number of thiophene rings is 1. The molecule has 0 saturated heterocycles. The molecule has 0 N–H and O–H groups in total. The first-order valence-corrected chi connectivity index (χ1v) is 11.5. The maximum absolute atomic E-state index is 13.9. The van der Waals surface area contributed by atoms with Crippen LogP contribution in [0.15, 0.2) is 53.5 Å². The van der Waals surface area contributed by atoms with Crippen molar-refractivity contribution in [2.45, 2.75) is 32.7 Å². The number of carbonyl (C=O) groups is 1. The molecule has 3 nitrogen and oxygen atoms in total. The minimum absolute atomic E-state index is 0.121. The molecule has 2 aromatic carbocycles. The molecule has 0 aliphatic carbocycles. The van der Waals surface area contributed by atoms with Crippen molar-refractivity contribution in [3.8, 4) is 23.5 Å². The van der Waals surface area contributed by atoms with Gasteiger partial charge < -0.3 is 4.74 Å². The number of carbonyl (C=O) groups excluding carboxylic acids is 1. The zero-order chi connectivity index (χ0) is 23.5. The Hall–Kier alpha value is -3.30. The van der Waals surface area contributed by atoms with Crippen LogP contribution in [-0.4, -0.2) is 24.3 Å². The molecule has 3 aromatic rings. The van der Waals surface area contributed by atoms with Gasteiger partial charge >= 0.3 is 0 Å². The monoisotopic (exact) mass is 463 g/mol. The van der Waals surface area contributed by atoms with E-state index in [0.29, 0.717) is 18.9 Å². The zero-order valence-electron chi connectivity index (χ0n) is 18.4. The number of hydrogen-bond donors (Lipinski definition) is 0. The van der Waals surface area contributed by atoms with E-state index in [-0.39, 0.29) is 12.5 Å². The summed E-state index contributed by atoms with van der Waals surface area (Å²) in [6, 6.07) is 13.6. The van der Waals surface area contributed by atoms with Crippen molar-refractivity contribution in [3.63, 3.8) is 0 Å². The second-order valence-corrected chi connectivity index (χ2v) is 9.42. The molecule has 1 aliphatic rings. The molecule has 1 aromatic heterocycles. The van der Waals surface area contributed by atoms with E-state index in [1.165, 1.54) is 10.9 Å². The van der Waals surface area contributed by atoms with Gasteiger partial charge in [0.05, 0.1) is 16.5 Å². The molecule has 0 radical (unpaired) electrons. The van der Waals surface area contributed by atoms with E-state index in [9.17, 15) is 13.6 Å². The number of terminal acetylenes is 1. The number of benzene rings is 2. The van der Waals surface area contributed by atoms with E-state index < -0.39 is 28.9 Å². The molecule has 0 saturated carbocycles. The van der Waals surface area contributed by atoms with Gasteiger partial charge in [-0.3, -0.25) is 4.79 Å². The molecule has 0 bridgehead atoms. The van der Waals surface area contributed by atoms with Crippen molar-refractivity contribution in [1.82, 2.24) is 0 Å². The number of hydrogen-bond acceptors (Lipinski definition) is 4. The fourth-order valence-corrected chi connectivity index (χ4v) is 4.86. The Kier molecular flexibility index (Phi) is 6.71. The van der Waals surface area contributed by atoms with Crippen LogP contribution in [0.1, 0.15) is 39.0 Å². The van der Waals surface area contributed by atoms with Crippen LogP contribution in [0.3, 0.4) is 0 Å². The van der Waals surface area contributed by atoms with Gasteiger partial charge in [-0.1, -0.05) is 30.3 Å². The summed E-state index contributed by atoms with van der Waals surface area (Å²) < 4.78 is 33.5. The Bertz CT molecular complexity index is 1230. The molecule has 2 heterocycles. The number of nitrogens with zero attached hydrogens (tertiary/aromatic N) is 1. The van der Waals surface area contributed by atoms with Crippen LogP contribution in [0.25, 0.3) is 11.1 Å². The summed E-state index contributed by atoms with van der Waals surface area (Å²) in [5.74, 6) is 0.471. The van der Waals surface area contributed by atoms with Crippen LogP contribution >= 0.6 is 11.3 Å². The number of ether oxygens (including phenoxy) is 1. The second kappa shape index (κ2) is 9.68. The minimum Gasteiger partial charge on any atom is -0.475 e. The number of Topliss-reactive ketones (excluding diaryl/α,β-unsaturated/α-hetero) is 1. The molecule has 0 spiro atoms. The van der Waals surface area contributed by atoms with Gasteiger partial charge in [0.25, 0.3) is 0 Å². The maximum Gasteiger partial charge on any atom is 0.226 e. The number of ketones is 1. The lowest BCUT2D eigenvalue weighted by Crippen LogP contribution is -2.13. The van der Waals surface area contributed by atoms with Gasteiger partial charge in [0, 0.05) is 17.2 Å². The van der Waals surface area contributed by atoms with Crippen LogP contribution in [0.5, 0.6) is 0 Å². The second-order valence-electron chi connectivity index (χ2n) is 8.16. The lowest BCUT2D eigenvalue weighted by atomic mass is 9.91. The lowest BCUT2D eigenvalue weighted by molar-refractivity contribution is 0.0962. The van der Waals surface area contributed by atoms with Crippen molar-refractivity contribution in [1.29, 1.82) is 0 Å². The third-order valence-electron chi connectivity index (χ3n) is 5.58. The molecule has 168 valence electrons. The Balaban J connectivity index is 1.46. The Morgan fingerprint density at radius 1 is 1.24 bits per heavy atom. The Labute approximate surface area is 196 Å². The number of halogens is 2. The van der Waals surface area contributed by atoms with E-state index in [1.807, 2.05) is 31.2 Å². The van der Waals surface area contributed by atoms with Crippen LogP contribution in [-0.2, 0) is 11.2 Å². The largest absolute Gasteiger partial charge is 0.475 e. The van der Waals surface area contributed by atoms with Crippen molar-refractivity contribution in [2.24, 2.45) is 10.9 Å². The summed E-state index contributed by atoms with van der Waals surface area (Å²) in [5, 5.41) is 0. The number of aliphatic imine (C=N–C) groups is 1. The fraction of sp³-hybridized carbons (Fsp3) is 0.259. The van der Waals surface area contributed by atoms with Gasteiger partial charge in [-0.2, -0.15) is 0 Å². The molecule has 2 unspecified atom stereocenters. The first kappa shape index (κ1) is 22.9. The third-order valence-corrected chi connectivity index (χ3v) is 6.62. The average Bonchev–Trinajstić information content (AvgIpc) is 3.39. The van der Waals surface area contributed by atoms with Crippen LogP contribution in [0.4, 0.5) is 8.78 Å². The molecule has 6 heteroatoms. The number of rotatable bonds is 7. The predicted molar refractivity (Wildman–Crippen MR) is 128 cm³/mol. The lowest BCUT2D eigenvalue weighted by Gasteiger charge is -2.12.